The summed E-state index contributed by atoms with van der Waals surface area (Å²) in [4.78, 5) is 18.6. The molecule has 0 unspecified atom stereocenters. The molecule has 0 N–H and O–H groups in total. The van der Waals surface area contributed by atoms with E-state index in [2.05, 4.69) is 10.1 Å². The summed E-state index contributed by atoms with van der Waals surface area (Å²) in [5, 5.41) is 5.92. The van der Waals surface area contributed by atoms with Gasteiger partial charge < -0.3 is 9.42 Å². The van der Waals surface area contributed by atoms with E-state index in [9.17, 15) is 18.0 Å². The summed E-state index contributed by atoms with van der Waals surface area (Å²) >= 11 is 1.51. The average Bonchev–Trinajstić information content (AvgIpc) is 3.23. The molecule has 1 aliphatic heterocycles. The Hall–Kier alpha value is -1.90. The van der Waals surface area contributed by atoms with Gasteiger partial charge in [-0.3, -0.25) is 4.79 Å². The zero-order valence-corrected chi connectivity index (χ0v) is 13.6. The van der Waals surface area contributed by atoms with Gasteiger partial charge >= 0.3 is 6.18 Å². The maximum absolute atomic E-state index is 12.2. The van der Waals surface area contributed by atoms with Gasteiger partial charge in [0.15, 0.2) is 5.82 Å². The minimum atomic E-state index is -4.29. The molecule has 130 valence electrons. The number of thiophene rings is 1. The van der Waals surface area contributed by atoms with Gasteiger partial charge in [-0.05, 0) is 24.3 Å². The second kappa shape index (κ2) is 6.92. The van der Waals surface area contributed by atoms with E-state index in [0.717, 1.165) is 4.88 Å². The van der Waals surface area contributed by atoms with Gasteiger partial charge in [0.25, 0.3) is 5.89 Å². The molecule has 2 aromatic heterocycles. The molecule has 3 rings (SSSR count). The number of nitrogens with zero attached hydrogens (tertiary/aromatic N) is 3. The summed E-state index contributed by atoms with van der Waals surface area (Å²) in [7, 11) is 0. The van der Waals surface area contributed by atoms with Crippen LogP contribution in [-0.2, 0) is 4.79 Å². The van der Waals surface area contributed by atoms with E-state index in [-0.39, 0.29) is 5.92 Å². The number of carbonyl (C=O) groups excluding carboxylic acids is 1. The Morgan fingerprint density at radius 2 is 2.12 bits per heavy atom. The Morgan fingerprint density at radius 1 is 1.38 bits per heavy atom. The molecule has 1 fully saturated rings. The Morgan fingerprint density at radius 3 is 2.75 bits per heavy atom. The summed E-state index contributed by atoms with van der Waals surface area (Å²) in [6.45, 7) is 0.842. The van der Waals surface area contributed by atoms with Crippen LogP contribution in [0.15, 0.2) is 22.0 Å². The topological polar surface area (TPSA) is 59.2 Å². The largest absolute Gasteiger partial charge is 0.389 e. The fourth-order valence-electron chi connectivity index (χ4n) is 2.69. The van der Waals surface area contributed by atoms with E-state index >= 15 is 0 Å². The number of carbonyl (C=O) groups is 1. The van der Waals surface area contributed by atoms with E-state index in [1.807, 2.05) is 17.5 Å². The van der Waals surface area contributed by atoms with Gasteiger partial charge in [-0.2, -0.15) is 18.2 Å². The minimum Gasteiger partial charge on any atom is -0.343 e. The fourth-order valence-corrected chi connectivity index (χ4v) is 3.34. The first-order valence-corrected chi connectivity index (χ1v) is 8.52. The van der Waals surface area contributed by atoms with Crippen molar-refractivity contribution < 1.29 is 22.5 Å². The normalized spacial score (nSPS) is 16.5. The van der Waals surface area contributed by atoms with Crippen molar-refractivity contribution in [2.75, 3.05) is 13.1 Å². The number of aromatic nitrogens is 2. The molecular weight excluding hydrogens is 343 g/mol. The van der Waals surface area contributed by atoms with E-state index in [4.69, 9.17) is 4.52 Å². The first-order valence-electron chi connectivity index (χ1n) is 7.64. The average molecular weight is 359 g/mol. The van der Waals surface area contributed by atoms with Crippen LogP contribution in [0.1, 0.15) is 37.4 Å². The minimum absolute atomic E-state index is 0.0640. The molecule has 0 bridgehead atoms. The molecule has 1 saturated heterocycles. The summed E-state index contributed by atoms with van der Waals surface area (Å²) < 4.78 is 41.8. The van der Waals surface area contributed by atoms with Gasteiger partial charge in [0, 0.05) is 25.4 Å². The third kappa shape index (κ3) is 4.14. The van der Waals surface area contributed by atoms with Crippen molar-refractivity contribution in [2.24, 2.45) is 0 Å². The smallest absolute Gasteiger partial charge is 0.343 e. The second-order valence-corrected chi connectivity index (χ2v) is 6.65. The van der Waals surface area contributed by atoms with Crippen molar-refractivity contribution in [1.82, 2.24) is 15.0 Å². The lowest BCUT2D eigenvalue weighted by atomic mass is 9.96. The molecule has 2 aromatic rings. The Bertz CT molecular complexity index is 676. The summed E-state index contributed by atoms with van der Waals surface area (Å²) in [5.74, 6) is 0.691. The van der Waals surface area contributed by atoms with Crippen molar-refractivity contribution in [3.8, 4) is 10.8 Å². The zero-order valence-electron chi connectivity index (χ0n) is 12.8. The number of alkyl halides is 3. The highest BCUT2D eigenvalue weighted by molar-refractivity contribution is 7.13. The predicted molar refractivity (Wildman–Crippen MR) is 81.5 cm³/mol. The van der Waals surface area contributed by atoms with Crippen molar-refractivity contribution in [3.63, 3.8) is 0 Å². The summed E-state index contributed by atoms with van der Waals surface area (Å²) in [6, 6.07) is 3.79. The SMILES string of the molecule is O=C(CCC(F)(F)F)N1CCC(c2noc(-c3cccs3)n2)CC1. The maximum Gasteiger partial charge on any atom is 0.389 e. The van der Waals surface area contributed by atoms with E-state index < -0.39 is 24.9 Å². The highest BCUT2D eigenvalue weighted by Crippen LogP contribution is 2.30. The van der Waals surface area contributed by atoms with Gasteiger partial charge in [-0.1, -0.05) is 11.2 Å². The van der Waals surface area contributed by atoms with Gasteiger partial charge in [0.05, 0.1) is 11.3 Å². The Labute approximate surface area is 140 Å². The standard InChI is InChI=1S/C15H16F3N3O2S/c16-15(17,18)6-3-12(22)21-7-4-10(5-8-21)13-19-14(23-20-13)11-2-1-9-24-11/h1-2,9-10H,3-8H2. The van der Waals surface area contributed by atoms with Crippen LogP contribution < -0.4 is 0 Å². The molecular formula is C15H16F3N3O2S. The van der Waals surface area contributed by atoms with Crippen LogP contribution in [0.2, 0.25) is 0 Å². The highest BCUT2D eigenvalue weighted by Gasteiger charge is 2.31. The lowest BCUT2D eigenvalue weighted by molar-refractivity contribution is -0.149. The molecule has 0 spiro atoms. The molecule has 0 aromatic carbocycles. The van der Waals surface area contributed by atoms with Gasteiger partial charge in [0.2, 0.25) is 5.91 Å². The number of amides is 1. The number of hydrogen-bond acceptors (Lipinski definition) is 5. The number of hydrogen-bond donors (Lipinski definition) is 0. The number of likely N-dealkylation sites (tertiary alicyclic amines) is 1. The lowest BCUT2D eigenvalue weighted by Gasteiger charge is -2.30. The van der Waals surface area contributed by atoms with Crippen molar-refractivity contribution in [1.29, 1.82) is 0 Å². The molecule has 0 saturated carbocycles. The Kier molecular flexibility index (Phi) is 4.88. The number of rotatable bonds is 4. The van der Waals surface area contributed by atoms with Gasteiger partial charge in [-0.15, -0.1) is 11.3 Å². The first-order chi connectivity index (χ1) is 11.4. The van der Waals surface area contributed by atoms with Gasteiger partial charge in [0.1, 0.15) is 0 Å². The van der Waals surface area contributed by atoms with Crippen molar-refractivity contribution in [3.05, 3.63) is 23.3 Å². The van der Waals surface area contributed by atoms with Crippen LogP contribution >= 0.6 is 11.3 Å². The molecule has 0 radical (unpaired) electrons. The van der Waals surface area contributed by atoms with Crippen molar-refractivity contribution in [2.45, 2.75) is 37.8 Å². The van der Waals surface area contributed by atoms with E-state index in [0.29, 0.717) is 37.6 Å². The molecule has 3 heterocycles. The second-order valence-electron chi connectivity index (χ2n) is 5.71. The van der Waals surface area contributed by atoms with Crippen LogP contribution in [0, 0.1) is 0 Å². The molecule has 1 amide bonds. The number of piperidine rings is 1. The van der Waals surface area contributed by atoms with Crippen LogP contribution in [0.3, 0.4) is 0 Å². The van der Waals surface area contributed by atoms with Crippen LogP contribution in [0.4, 0.5) is 13.2 Å². The molecule has 0 atom stereocenters. The predicted octanol–water partition coefficient (Wildman–Crippen LogP) is 3.85. The van der Waals surface area contributed by atoms with E-state index in [1.165, 1.54) is 16.2 Å². The maximum atomic E-state index is 12.2. The quantitative estimate of drug-likeness (QED) is 0.832. The zero-order chi connectivity index (χ0) is 17.2. The molecule has 5 nitrogen and oxygen atoms in total. The van der Waals surface area contributed by atoms with Crippen molar-refractivity contribution >= 4 is 17.2 Å². The van der Waals surface area contributed by atoms with Crippen LogP contribution in [0.25, 0.3) is 10.8 Å². The monoisotopic (exact) mass is 359 g/mol. The molecule has 0 aliphatic carbocycles. The first kappa shape index (κ1) is 16.9. The highest BCUT2D eigenvalue weighted by atomic mass is 32.1. The van der Waals surface area contributed by atoms with Crippen LogP contribution in [0.5, 0.6) is 0 Å². The lowest BCUT2D eigenvalue weighted by Crippen LogP contribution is -2.38. The molecule has 24 heavy (non-hydrogen) atoms. The van der Waals surface area contributed by atoms with E-state index in [1.54, 1.807) is 0 Å². The van der Waals surface area contributed by atoms with Gasteiger partial charge in [-0.25, -0.2) is 0 Å². The van der Waals surface area contributed by atoms with Crippen LogP contribution in [-0.4, -0.2) is 40.2 Å². The molecule has 9 heteroatoms. The summed E-state index contributed by atoms with van der Waals surface area (Å²) in [6.07, 6.45) is -4.60. The third-order valence-electron chi connectivity index (χ3n) is 4.01. The summed E-state index contributed by atoms with van der Waals surface area (Å²) in [5.41, 5.74) is 0. The third-order valence-corrected chi connectivity index (χ3v) is 4.87. The number of halogens is 3. The Balaban J connectivity index is 1.53. The fraction of sp³-hybridized carbons (Fsp3) is 0.533. The molecule has 1 aliphatic rings.